The molecule has 1 aliphatic carbocycles. The zero-order valence-corrected chi connectivity index (χ0v) is 10.1. The number of rotatable bonds is 2. The first-order chi connectivity index (χ1) is 7.40. The Morgan fingerprint density at radius 2 is 1.87 bits per heavy atom. The van der Waals surface area contributed by atoms with Gasteiger partial charge in [-0.15, -0.1) is 11.3 Å². The monoisotopic (exact) mass is 224 g/mol. The zero-order valence-electron chi connectivity index (χ0n) is 9.24. The smallest absolute Gasteiger partial charge is 0.0959 e. The Hall–Kier alpha value is -0.410. The fourth-order valence-electron chi connectivity index (χ4n) is 2.31. The molecular weight excluding hydrogens is 204 g/mol. The highest BCUT2D eigenvalue weighted by Gasteiger charge is 2.16. The van der Waals surface area contributed by atoms with Gasteiger partial charge in [0.2, 0.25) is 0 Å². The average Bonchev–Trinajstić information content (AvgIpc) is 2.65. The van der Waals surface area contributed by atoms with Crippen LogP contribution in [-0.4, -0.2) is 4.98 Å². The number of hydrogen-bond acceptors (Lipinski definition) is 3. The summed E-state index contributed by atoms with van der Waals surface area (Å²) < 4.78 is 0. The predicted octanol–water partition coefficient (Wildman–Crippen LogP) is 3.43. The van der Waals surface area contributed by atoms with E-state index in [0.29, 0.717) is 6.54 Å². The predicted molar refractivity (Wildman–Crippen MR) is 65.1 cm³/mol. The van der Waals surface area contributed by atoms with Crippen LogP contribution in [0.2, 0.25) is 0 Å². The van der Waals surface area contributed by atoms with Crippen LogP contribution in [-0.2, 0) is 6.54 Å². The molecule has 2 nitrogen and oxygen atoms in total. The van der Waals surface area contributed by atoms with Crippen molar-refractivity contribution in [2.24, 2.45) is 5.73 Å². The van der Waals surface area contributed by atoms with Crippen LogP contribution in [0.4, 0.5) is 0 Å². The quantitative estimate of drug-likeness (QED) is 0.836. The van der Waals surface area contributed by atoms with E-state index in [1.54, 1.807) is 11.3 Å². The van der Waals surface area contributed by atoms with Crippen LogP contribution in [0.1, 0.15) is 61.6 Å². The normalized spacial score (nSPS) is 19.8. The second-order valence-electron chi connectivity index (χ2n) is 4.42. The number of nitrogens with two attached hydrogens (primary N) is 1. The summed E-state index contributed by atoms with van der Waals surface area (Å²) in [6.45, 7) is 0.587. The molecule has 0 aliphatic heterocycles. The summed E-state index contributed by atoms with van der Waals surface area (Å²) in [6, 6.07) is 0. The van der Waals surface area contributed by atoms with E-state index in [9.17, 15) is 0 Å². The van der Waals surface area contributed by atoms with Crippen molar-refractivity contribution in [3.63, 3.8) is 0 Å². The molecular formula is C12H20N2S. The van der Waals surface area contributed by atoms with Crippen LogP contribution in [0, 0.1) is 0 Å². The standard InChI is InChI=1S/C12H20N2S/c13-8-11-9-15-12(14-11)10-6-4-2-1-3-5-7-10/h9-10H,1-8,13H2. The van der Waals surface area contributed by atoms with Crippen molar-refractivity contribution >= 4 is 11.3 Å². The third-order valence-corrected chi connectivity index (χ3v) is 4.29. The van der Waals surface area contributed by atoms with E-state index in [1.165, 1.54) is 50.0 Å². The van der Waals surface area contributed by atoms with Gasteiger partial charge >= 0.3 is 0 Å². The Bertz CT molecular complexity index is 288. The number of nitrogens with zero attached hydrogens (tertiary/aromatic N) is 1. The highest BCUT2D eigenvalue weighted by molar-refractivity contribution is 7.09. The molecule has 1 heterocycles. The third-order valence-electron chi connectivity index (χ3n) is 3.23. The van der Waals surface area contributed by atoms with Gasteiger partial charge in [-0.25, -0.2) is 4.98 Å². The lowest BCUT2D eigenvalue weighted by Gasteiger charge is -2.17. The van der Waals surface area contributed by atoms with Gasteiger partial charge in [-0.3, -0.25) is 0 Å². The molecule has 1 saturated carbocycles. The first-order valence-corrected chi connectivity index (χ1v) is 6.92. The minimum absolute atomic E-state index is 0.587. The van der Waals surface area contributed by atoms with Gasteiger partial charge in [-0.05, 0) is 12.8 Å². The van der Waals surface area contributed by atoms with Crippen molar-refractivity contribution in [1.29, 1.82) is 0 Å². The number of thiazole rings is 1. The molecule has 1 fully saturated rings. The van der Waals surface area contributed by atoms with E-state index in [0.717, 1.165) is 11.6 Å². The van der Waals surface area contributed by atoms with Crippen molar-refractivity contribution in [2.45, 2.75) is 57.4 Å². The van der Waals surface area contributed by atoms with Gasteiger partial charge in [0.05, 0.1) is 10.7 Å². The molecule has 0 bridgehead atoms. The summed E-state index contributed by atoms with van der Waals surface area (Å²) >= 11 is 1.81. The van der Waals surface area contributed by atoms with E-state index in [4.69, 9.17) is 5.73 Å². The van der Waals surface area contributed by atoms with Crippen molar-refractivity contribution < 1.29 is 0 Å². The number of hydrogen-bond donors (Lipinski definition) is 1. The summed E-state index contributed by atoms with van der Waals surface area (Å²) in [6.07, 6.45) is 9.66. The highest BCUT2D eigenvalue weighted by Crippen LogP contribution is 2.32. The van der Waals surface area contributed by atoms with Crippen LogP contribution >= 0.6 is 11.3 Å². The summed E-state index contributed by atoms with van der Waals surface area (Å²) in [5.41, 5.74) is 6.66. The van der Waals surface area contributed by atoms with Gasteiger partial charge in [0.15, 0.2) is 0 Å². The number of aromatic nitrogens is 1. The maximum Gasteiger partial charge on any atom is 0.0959 e. The van der Waals surface area contributed by atoms with Crippen molar-refractivity contribution in [3.8, 4) is 0 Å². The van der Waals surface area contributed by atoms with Crippen molar-refractivity contribution in [1.82, 2.24) is 4.98 Å². The average molecular weight is 224 g/mol. The molecule has 2 rings (SSSR count). The van der Waals surface area contributed by atoms with E-state index >= 15 is 0 Å². The van der Waals surface area contributed by atoms with E-state index in [1.807, 2.05) is 0 Å². The molecule has 0 saturated heterocycles. The Morgan fingerprint density at radius 1 is 1.20 bits per heavy atom. The molecule has 0 spiro atoms. The Balaban J connectivity index is 2.00. The maximum atomic E-state index is 5.59. The topological polar surface area (TPSA) is 38.9 Å². The highest BCUT2D eigenvalue weighted by atomic mass is 32.1. The Morgan fingerprint density at radius 3 is 2.47 bits per heavy atom. The van der Waals surface area contributed by atoms with Gasteiger partial charge in [0.25, 0.3) is 0 Å². The van der Waals surface area contributed by atoms with E-state index in [2.05, 4.69) is 10.4 Å². The van der Waals surface area contributed by atoms with Gasteiger partial charge in [-0.2, -0.15) is 0 Å². The minimum atomic E-state index is 0.587. The van der Waals surface area contributed by atoms with Crippen LogP contribution in [0.5, 0.6) is 0 Å². The molecule has 84 valence electrons. The van der Waals surface area contributed by atoms with Gasteiger partial charge in [0.1, 0.15) is 0 Å². The minimum Gasteiger partial charge on any atom is -0.325 e. The fourth-order valence-corrected chi connectivity index (χ4v) is 3.31. The zero-order chi connectivity index (χ0) is 10.5. The molecule has 0 radical (unpaired) electrons. The van der Waals surface area contributed by atoms with Gasteiger partial charge in [-0.1, -0.05) is 32.1 Å². The molecule has 15 heavy (non-hydrogen) atoms. The summed E-state index contributed by atoms with van der Waals surface area (Å²) in [4.78, 5) is 4.62. The fraction of sp³-hybridized carbons (Fsp3) is 0.750. The van der Waals surface area contributed by atoms with E-state index < -0.39 is 0 Å². The molecule has 0 unspecified atom stereocenters. The first kappa shape index (κ1) is 11.1. The lowest BCUT2D eigenvalue weighted by molar-refractivity contribution is 0.454. The van der Waals surface area contributed by atoms with Crippen LogP contribution in [0.25, 0.3) is 0 Å². The molecule has 0 amide bonds. The third kappa shape index (κ3) is 3.02. The second kappa shape index (κ2) is 5.61. The lowest BCUT2D eigenvalue weighted by Crippen LogP contribution is -2.03. The first-order valence-electron chi connectivity index (χ1n) is 6.04. The molecule has 2 N–H and O–H groups in total. The SMILES string of the molecule is NCc1csc(C2CCCCCCC2)n1. The summed E-state index contributed by atoms with van der Waals surface area (Å²) in [7, 11) is 0. The molecule has 0 atom stereocenters. The van der Waals surface area contributed by atoms with Gasteiger partial charge in [0, 0.05) is 17.8 Å². The Labute approximate surface area is 95.9 Å². The largest absolute Gasteiger partial charge is 0.325 e. The van der Waals surface area contributed by atoms with Crippen LogP contribution in [0.3, 0.4) is 0 Å². The summed E-state index contributed by atoms with van der Waals surface area (Å²) in [5, 5.41) is 3.45. The molecule has 0 aromatic carbocycles. The lowest BCUT2D eigenvalue weighted by atomic mass is 9.92. The van der Waals surface area contributed by atoms with Gasteiger partial charge < -0.3 is 5.73 Å². The van der Waals surface area contributed by atoms with Crippen molar-refractivity contribution in [2.75, 3.05) is 0 Å². The maximum absolute atomic E-state index is 5.59. The molecule has 1 aromatic rings. The molecule has 1 aromatic heterocycles. The molecule has 3 heteroatoms. The molecule has 1 aliphatic rings. The summed E-state index contributed by atoms with van der Waals surface area (Å²) in [5.74, 6) is 0.718. The van der Waals surface area contributed by atoms with Crippen LogP contribution < -0.4 is 5.73 Å². The Kier molecular flexibility index (Phi) is 4.15. The van der Waals surface area contributed by atoms with Crippen LogP contribution in [0.15, 0.2) is 5.38 Å². The van der Waals surface area contributed by atoms with Crippen molar-refractivity contribution in [3.05, 3.63) is 16.1 Å². The van der Waals surface area contributed by atoms with E-state index in [-0.39, 0.29) is 0 Å². The second-order valence-corrected chi connectivity index (χ2v) is 5.31.